The third-order valence-corrected chi connectivity index (χ3v) is 3.26. The van der Waals surface area contributed by atoms with Crippen LogP contribution in [-0.2, 0) is 14.3 Å². The Labute approximate surface area is 145 Å². The predicted molar refractivity (Wildman–Crippen MR) is 88.5 cm³/mol. The number of ether oxygens (including phenoxy) is 2. The normalized spacial score (nSPS) is 12.0. The molecular formula is C17H23FN2O5. The molecule has 0 unspecified atom stereocenters. The van der Waals surface area contributed by atoms with E-state index in [-0.39, 0.29) is 11.8 Å². The van der Waals surface area contributed by atoms with Crippen LogP contribution in [0.5, 0.6) is 5.75 Å². The number of carbonyl (C=O) groups excluding carboxylic acids is 3. The van der Waals surface area contributed by atoms with Crippen molar-refractivity contribution in [3.05, 3.63) is 30.1 Å². The molecule has 2 N–H and O–H groups in total. The van der Waals surface area contributed by atoms with Crippen molar-refractivity contribution in [2.45, 2.75) is 45.8 Å². The third-order valence-electron chi connectivity index (χ3n) is 3.26. The highest BCUT2D eigenvalue weighted by Gasteiger charge is 2.32. The van der Waals surface area contributed by atoms with E-state index in [1.807, 2.05) is 6.92 Å². The number of urea groups is 1. The fourth-order valence-corrected chi connectivity index (χ4v) is 1.67. The molecule has 138 valence electrons. The van der Waals surface area contributed by atoms with Gasteiger partial charge in [-0.05, 0) is 51.5 Å². The van der Waals surface area contributed by atoms with Crippen molar-refractivity contribution in [1.82, 2.24) is 10.6 Å². The molecule has 1 aromatic rings. The number of benzene rings is 1. The Morgan fingerprint density at radius 1 is 1.20 bits per heavy atom. The molecule has 0 saturated carbocycles. The van der Waals surface area contributed by atoms with Gasteiger partial charge in [0.1, 0.15) is 11.6 Å². The van der Waals surface area contributed by atoms with Crippen LogP contribution in [0.3, 0.4) is 0 Å². The number of imide groups is 1. The maximum absolute atomic E-state index is 12.9. The molecule has 8 heteroatoms. The second kappa shape index (κ2) is 9.00. The molecule has 0 aromatic heterocycles. The van der Waals surface area contributed by atoms with Gasteiger partial charge in [-0.15, -0.1) is 0 Å². The molecule has 0 radical (unpaired) electrons. The number of hydrogen-bond acceptors (Lipinski definition) is 5. The number of nitrogens with one attached hydrogen (secondary N) is 2. The van der Waals surface area contributed by atoms with E-state index < -0.39 is 35.9 Å². The molecule has 0 aliphatic carbocycles. The van der Waals surface area contributed by atoms with Crippen LogP contribution in [0.1, 0.15) is 34.1 Å². The summed E-state index contributed by atoms with van der Waals surface area (Å²) in [6.45, 7) is 5.96. The van der Waals surface area contributed by atoms with Gasteiger partial charge < -0.3 is 14.8 Å². The zero-order valence-corrected chi connectivity index (χ0v) is 14.7. The zero-order chi connectivity index (χ0) is 19.0. The van der Waals surface area contributed by atoms with Gasteiger partial charge >= 0.3 is 12.0 Å². The number of rotatable bonds is 7. The average Bonchev–Trinajstić information content (AvgIpc) is 2.54. The van der Waals surface area contributed by atoms with E-state index in [9.17, 15) is 18.8 Å². The van der Waals surface area contributed by atoms with Crippen molar-refractivity contribution in [2.75, 3.05) is 6.61 Å². The summed E-state index contributed by atoms with van der Waals surface area (Å²) in [5, 5.41) is 4.61. The van der Waals surface area contributed by atoms with Crippen molar-refractivity contribution in [2.24, 2.45) is 0 Å². The monoisotopic (exact) mass is 354 g/mol. The van der Waals surface area contributed by atoms with Crippen LogP contribution in [0.4, 0.5) is 9.18 Å². The molecule has 1 atom stereocenters. The van der Waals surface area contributed by atoms with Crippen molar-refractivity contribution in [3.63, 3.8) is 0 Å². The Balaban J connectivity index is 2.47. The van der Waals surface area contributed by atoms with Crippen LogP contribution in [0.2, 0.25) is 0 Å². The lowest BCUT2D eigenvalue weighted by atomic mass is 10.1. The van der Waals surface area contributed by atoms with E-state index >= 15 is 0 Å². The zero-order valence-electron chi connectivity index (χ0n) is 14.7. The fraction of sp³-hybridized carbons (Fsp3) is 0.471. The molecular weight excluding hydrogens is 331 g/mol. The van der Waals surface area contributed by atoms with E-state index in [2.05, 4.69) is 10.6 Å². The summed E-state index contributed by atoms with van der Waals surface area (Å²) in [4.78, 5) is 35.2. The average molecular weight is 354 g/mol. The number of amides is 3. The lowest BCUT2D eigenvalue weighted by Gasteiger charge is -2.24. The molecule has 3 amide bonds. The van der Waals surface area contributed by atoms with E-state index in [1.54, 1.807) is 6.92 Å². The van der Waals surface area contributed by atoms with Crippen LogP contribution >= 0.6 is 0 Å². The SMILES string of the molecule is CC[C@@H](C)NC(=O)NC(=O)COC(=O)C(C)(C)Oc1ccc(F)cc1. The first-order valence-corrected chi connectivity index (χ1v) is 7.86. The first-order chi connectivity index (χ1) is 11.6. The number of carbonyl (C=O) groups is 3. The van der Waals surface area contributed by atoms with Gasteiger partial charge in [0.25, 0.3) is 5.91 Å². The van der Waals surface area contributed by atoms with Crippen LogP contribution in [-0.4, -0.2) is 36.2 Å². The molecule has 0 fully saturated rings. The highest BCUT2D eigenvalue weighted by atomic mass is 19.1. The lowest BCUT2D eigenvalue weighted by molar-refractivity contribution is -0.161. The van der Waals surface area contributed by atoms with E-state index in [1.165, 1.54) is 38.1 Å². The highest BCUT2D eigenvalue weighted by molar-refractivity contribution is 5.95. The smallest absolute Gasteiger partial charge is 0.350 e. The summed E-state index contributed by atoms with van der Waals surface area (Å²) >= 11 is 0. The summed E-state index contributed by atoms with van der Waals surface area (Å²) in [7, 11) is 0. The number of hydrogen-bond donors (Lipinski definition) is 2. The summed E-state index contributed by atoms with van der Waals surface area (Å²) in [5.41, 5.74) is -1.39. The topological polar surface area (TPSA) is 93.7 Å². The first-order valence-electron chi connectivity index (χ1n) is 7.86. The third kappa shape index (κ3) is 7.19. The van der Waals surface area contributed by atoms with Crippen molar-refractivity contribution in [3.8, 4) is 5.75 Å². The molecule has 0 aliphatic heterocycles. The minimum absolute atomic E-state index is 0.0848. The van der Waals surface area contributed by atoms with Crippen molar-refractivity contribution < 1.29 is 28.2 Å². The maximum Gasteiger partial charge on any atom is 0.350 e. The van der Waals surface area contributed by atoms with Crippen molar-refractivity contribution in [1.29, 1.82) is 0 Å². The second-order valence-electron chi connectivity index (χ2n) is 5.97. The molecule has 25 heavy (non-hydrogen) atoms. The number of halogens is 1. The summed E-state index contributed by atoms with van der Waals surface area (Å²) in [6.07, 6.45) is 0.714. The second-order valence-corrected chi connectivity index (χ2v) is 5.97. The fourth-order valence-electron chi connectivity index (χ4n) is 1.67. The van der Waals surface area contributed by atoms with E-state index in [0.29, 0.717) is 6.42 Å². The van der Waals surface area contributed by atoms with E-state index in [4.69, 9.17) is 9.47 Å². The van der Waals surface area contributed by atoms with Gasteiger partial charge in [-0.3, -0.25) is 10.1 Å². The minimum Gasteiger partial charge on any atom is -0.476 e. The summed E-state index contributed by atoms with van der Waals surface area (Å²) < 4.78 is 23.2. The summed E-state index contributed by atoms with van der Waals surface area (Å²) in [6, 6.07) is 4.39. The Morgan fingerprint density at radius 2 is 1.80 bits per heavy atom. The largest absolute Gasteiger partial charge is 0.476 e. The Morgan fingerprint density at radius 3 is 2.36 bits per heavy atom. The van der Waals surface area contributed by atoms with Gasteiger partial charge in [-0.2, -0.15) is 0 Å². The van der Waals surface area contributed by atoms with E-state index in [0.717, 1.165) is 0 Å². The Kier molecular flexibility index (Phi) is 7.35. The van der Waals surface area contributed by atoms with Crippen LogP contribution in [0.25, 0.3) is 0 Å². The van der Waals surface area contributed by atoms with Gasteiger partial charge in [0, 0.05) is 6.04 Å². The van der Waals surface area contributed by atoms with Crippen LogP contribution < -0.4 is 15.4 Å². The standard InChI is InChI=1S/C17H23FN2O5/c1-5-11(2)19-16(23)20-14(21)10-24-15(22)17(3,4)25-13-8-6-12(18)7-9-13/h6-9,11H,5,10H2,1-4H3,(H2,19,20,21,23)/t11-/m1/s1. The minimum atomic E-state index is -1.39. The van der Waals surface area contributed by atoms with Crippen LogP contribution in [0.15, 0.2) is 24.3 Å². The van der Waals surface area contributed by atoms with Gasteiger partial charge in [0.2, 0.25) is 0 Å². The molecule has 1 rings (SSSR count). The van der Waals surface area contributed by atoms with Gasteiger partial charge in [0.15, 0.2) is 12.2 Å². The Bertz CT molecular complexity index is 616. The van der Waals surface area contributed by atoms with Gasteiger partial charge in [0.05, 0.1) is 0 Å². The molecule has 0 heterocycles. The molecule has 1 aromatic carbocycles. The maximum atomic E-state index is 12.9. The van der Waals surface area contributed by atoms with Crippen molar-refractivity contribution >= 4 is 17.9 Å². The lowest BCUT2D eigenvalue weighted by Crippen LogP contribution is -2.46. The highest BCUT2D eigenvalue weighted by Crippen LogP contribution is 2.19. The molecule has 0 spiro atoms. The quantitative estimate of drug-likeness (QED) is 0.732. The molecule has 0 aliphatic rings. The van der Waals surface area contributed by atoms with Gasteiger partial charge in [-0.25, -0.2) is 14.0 Å². The molecule has 0 bridgehead atoms. The summed E-state index contributed by atoms with van der Waals surface area (Å²) in [5.74, 6) is -1.71. The molecule has 7 nitrogen and oxygen atoms in total. The first kappa shape index (κ1) is 20.4. The van der Waals surface area contributed by atoms with Crippen LogP contribution in [0, 0.1) is 5.82 Å². The Hall–Kier alpha value is -2.64. The molecule has 0 saturated heterocycles. The number of esters is 1. The van der Waals surface area contributed by atoms with Gasteiger partial charge in [-0.1, -0.05) is 6.92 Å². The predicted octanol–water partition coefficient (Wildman–Crippen LogP) is 2.15.